The molecule has 1 N–H and O–H groups in total. The first kappa shape index (κ1) is 25.9. The van der Waals surface area contributed by atoms with E-state index >= 15 is 0 Å². The van der Waals surface area contributed by atoms with E-state index in [1.54, 1.807) is 6.08 Å². The lowest BCUT2D eigenvalue weighted by molar-refractivity contribution is -0.114. The number of carbonyl (C=O) groups excluding carboxylic acids is 1. The van der Waals surface area contributed by atoms with Crippen LogP contribution in [0.2, 0.25) is 5.02 Å². The fraction of sp³-hybridized carbons (Fsp3) is 0.133. The normalized spacial score (nSPS) is 15.8. The van der Waals surface area contributed by atoms with Crippen LogP contribution in [0.15, 0.2) is 94.7 Å². The molecule has 200 valence electrons. The maximum absolute atomic E-state index is 13.0. The van der Waals surface area contributed by atoms with Crippen LogP contribution in [0.4, 0.5) is 0 Å². The molecule has 4 aromatic rings. The van der Waals surface area contributed by atoms with E-state index in [4.69, 9.17) is 26.5 Å². The number of amides is 1. The smallest absolute Gasteiger partial charge is 0.283 e. The van der Waals surface area contributed by atoms with Crippen LogP contribution in [-0.4, -0.2) is 44.7 Å². The van der Waals surface area contributed by atoms with E-state index in [1.165, 1.54) is 16.8 Å². The summed E-state index contributed by atoms with van der Waals surface area (Å²) in [6, 6.07) is 22.9. The summed E-state index contributed by atoms with van der Waals surface area (Å²) in [5, 5.41) is 17.3. The number of aromatic nitrogens is 1. The molecule has 10 heteroatoms. The molecule has 1 amide bonds. The number of nitrogens with zero attached hydrogens (tertiary/aromatic N) is 4. The molecule has 0 aliphatic carbocycles. The molecule has 8 nitrogen and oxygen atoms in total. The van der Waals surface area contributed by atoms with Crippen molar-refractivity contribution in [3.05, 3.63) is 101 Å². The van der Waals surface area contributed by atoms with E-state index in [2.05, 4.69) is 14.7 Å². The number of rotatable bonds is 8. The summed E-state index contributed by atoms with van der Waals surface area (Å²) in [4.78, 5) is 17.2. The maximum Gasteiger partial charge on any atom is 0.283 e. The van der Waals surface area contributed by atoms with Crippen molar-refractivity contribution in [2.24, 2.45) is 10.1 Å². The van der Waals surface area contributed by atoms with Crippen LogP contribution in [0, 0.1) is 12.3 Å². The average molecular weight is 570 g/mol. The van der Waals surface area contributed by atoms with Gasteiger partial charge in [-0.3, -0.25) is 10.2 Å². The number of aliphatic imine (C=N–C) groups is 1. The van der Waals surface area contributed by atoms with Crippen LogP contribution >= 0.6 is 23.4 Å². The summed E-state index contributed by atoms with van der Waals surface area (Å²) in [6.07, 6.45) is 3.68. The molecule has 40 heavy (non-hydrogen) atoms. The van der Waals surface area contributed by atoms with Gasteiger partial charge in [-0.25, -0.2) is 0 Å². The fourth-order valence-corrected chi connectivity index (χ4v) is 5.54. The van der Waals surface area contributed by atoms with Gasteiger partial charge in [0.15, 0.2) is 5.84 Å². The summed E-state index contributed by atoms with van der Waals surface area (Å²) >= 11 is 7.29. The van der Waals surface area contributed by atoms with Gasteiger partial charge >= 0.3 is 0 Å². The van der Waals surface area contributed by atoms with Crippen molar-refractivity contribution in [1.29, 1.82) is 5.41 Å². The summed E-state index contributed by atoms with van der Waals surface area (Å²) in [5.41, 5.74) is 2.96. The third-order valence-electron chi connectivity index (χ3n) is 6.45. The fourth-order valence-electron chi connectivity index (χ4n) is 4.51. The Bertz CT molecular complexity index is 1730. The molecule has 0 spiro atoms. The second kappa shape index (κ2) is 11.0. The lowest BCUT2D eigenvalue weighted by Crippen LogP contribution is -2.35. The summed E-state index contributed by atoms with van der Waals surface area (Å²) < 4.78 is 13.9. The highest BCUT2D eigenvalue weighted by Gasteiger charge is 2.36. The molecule has 0 radical (unpaired) electrons. The Morgan fingerprint density at radius 1 is 1.05 bits per heavy atom. The second-order valence-electron chi connectivity index (χ2n) is 9.17. The second-order valence-corrected chi connectivity index (χ2v) is 10.6. The summed E-state index contributed by atoms with van der Waals surface area (Å²) in [6.45, 7) is 3.23. The minimum atomic E-state index is -0.470. The van der Waals surface area contributed by atoms with Crippen LogP contribution in [0.5, 0.6) is 11.5 Å². The number of benzene rings is 3. The van der Waals surface area contributed by atoms with Crippen LogP contribution in [0.3, 0.4) is 0 Å². The van der Waals surface area contributed by atoms with Gasteiger partial charge in [0, 0.05) is 27.7 Å². The van der Waals surface area contributed by atoms with Crippen LogP contribution in [-0.2, 0) is 11.3 Å². The zero-order valence-corrected chi connectivity index (χ0v) is 23.1. The number of halogens is 1. The topological polar surface area (TPSA) is 92.3 Å². The van der Waals surface area contributed by atoms with Crippen molar-refractivity contribution < 1.29 is 14.3 Å². The number of hydrogen-bond donors (Lipinski definition) is 1. The van der Waals surface area contributed by atoms with Gasteiger partial charge in [-0.05, 0) is 66.7 Å². The van der Waals surface area contributed by atoms with Crippen LogP contribution < -0.4 is 9.47 Å². The minimum absolute atomic E-state index is 0.0180. The van der Waals surface area contributed by atoms with Gasteiger partial charge in [-0.2, -0.15) is 15.1 Å². The Kier molecular flexibility index (Phi) is 7.15. The number of nitrogens with one attached hydrogen (secondary N) is 1. The zero-order chi connectivity index (χ0) is 27.6. The number of fused-ring (bicyclic) bond motifs is 2. The van der Waals surface area contributed by atoms with Crippen molar-refractivity contribution in [1.82, 2.24) is 9.58 Å². The Labute approximate surface area is 240 Å². The highest BCUT2D eigenvalue weighted by Crippen LogP contribution is 2.31. The van der Waals surface area contributed by atoms with E-state index in [1.807, 2.05) is 85.9 Å². The standard InChI is InChI=1S/C30H24ClN5O3S/c1-19-15-21(31)11-12-26(19)38-14-13-35-17-20(23-9-5-6-10-25(23)35)16-24-28(32)36-30(33-29(24)37)40-27(34-36)18-39-22-7-3-2-4-8-22/h2-12,15-17,32H,13-14,18H2,1H3/b24-16-,32-28?. The molecule has 3 aromatic carbocycles. The number of hydrazone groups is 1. The molecule has 6 rings (SSSR count). The number of hydrogen-bond acceptors (Lipinski definition) is 6. The number of aryl methyl sites for hydroxylation is 1. The third kappa shape index (κ3) is 5.25. The molecular formula is C30H24ClN5O3S. The van der Waals surface area contributed by atoms with E-state index in [9.17, 15) is 4.79 Å². The highest BCUT2D eigenvalue weighted by atomic mass is 35.5. The predicted molar refractivity (Wildman–Crippen MR) is 161 cm³/mol. The minimum Gasteiger partial charge on any atom is -0.491 e. The van der Waals surface area contributed by atoms with E-state index in [-0.39, 0.29) is 18.0 Å². The largest absolute Gasteiger partial charge is 0.491 e. The van der Waals surface area contributed by atoms with Crippen molar-refractivity contribution in [2.75, 3.05) is 13.2 Å². The number of para-hydroxylation sites is 2. The first-order valence-corrected chi connectivity index (χ1v) is 13.8. The van der Waals surface area contributed by atoms with Gasteiger partial charge in [0.2, 0.25) is 5.17 Å². The lowest BCUT2D eigenvalue weighted by Gasteiger charge is -2.20. The molecule has 0 unspecified atom stereocenters. The van der Waals surface area contributed by atoms with Gasteiger partial charge in [0.1, 0.15) is 29.8 Å². The van der Waals surface area contributed by atoms with Crippen molar-refractivity contribution >= 4 is 62.3 Å². The molecule has 2 aliphatic rings. The third-order valence-corrected chi connectivity index (χ3v) is 7.56. The van der Waals surface area contributed by atoms with Gasteiger partial charge in [0.05, 0.1) is 12.1 Å². The number of thioether (sulfide) groups is 1. The average Bonchev–Trinajstić information content (AvgIpc) is 3.53. The molecule has 2 aliphatic heterocycles. The molecule has 0 fully saturated rings. The highest BCUT2D eigenvalue weighted by molar-refractivity contribution is 8.27. The van der Waals surface area contributed by atoms with E-state index in [0.717, 1.165) is 33.5 Å². The maximum atomic E-state index is 13.0. The molecular weight excluding hydrogens is 546 g/mol. The monoisotopic (exact) mass is 569 g/mol. The summed E-state index contributed by atoms with van der Waals surface area (Å²) in [5.74, 6) is 1.02. The predicted octanol–water partition coefficient (Wildman–Crippen LogP) is 6.38. The Morgan fingerprint density at radius 2 is 1.85 bits per heavy atom. The molecule has 0 bridgehead atoms. The number of ether oxygens (including phenoxy) is 2. The number of amidine groups is 2. The van der Waals surface area contributed by atoms with E-state index < -0.39 is 5.91 Å². The first-order chi connectivity index (χ1) is 19.5. The van der Waals surface area contributed by atoms with Crippen molar-refractivity contribution in [2.45, 2.75) is 13.5 Å². The van der Waals surface area contributed by atoms with Gasteiger partial charge in [-0.1, -0.05) is 48.0 Å². The Morgan fingerprint density at radius 3 is 2.67 bits per heavy atom. The Balaban J connectivity index is 1.21. The van der Waals surface area contributed by atoms with Gasteiger partial charge in [-0.15, -0.1) is 0 Å². The quantitative estimate of drug-likeness (QED) is 0.249. The first-order valence-electron chi connectivity index (χ1n) is 12.6. The van der Waals surface area contributed by atoms with Crippen molar-refractivity contribution in [3.63, 3.8) is 0 Å². The SMILES string of the molecule is Cc1cc(Cl)ccc1OCCn1cc(/C=C2/C(=N)N3N=C(COc4ccccc4)SC3=NC2=O)c2ccccc21. The number of carbonyl (C=O) groups is 1. The van der Waals surface area contributed by atoms with Gasteiger partial charge in [0.25, 0.3) is 5.91 Å². The molecule has 0 saturated heterocycles. The van der Waals surface area contributed by atoms with Crippen LogP contribution in [0.1, 0.15) is 11.1 Å². The molecule has 0 saturated carbocycles. The lowest BCUT2D eigenvalue weighted by atomic mass is 10.1. The van der Waals surface area contributed by atoms with Crippen LogP contribution in [0.25, 0.3) is 17.0 Å². The van der Waals surface area contributed by atoms with E-state index in [0.29, 0.717) is 28.4 Å². The van der Waals surface area contributed by atoms with Gasteiger partial charge < -0.3 is 14.0 Å². The Hall–Kier alpha value is -4.34. The molecule has 3 heterocycles. The van der Waals surface area contributed by atoms with Crippen molar-refractivity contribution in [3.8, 4) is 11.5 Å². The summed E-state index contributed by atoms with van der Waals surface area (Å²) in [7, 11) is 0. The zero-order valence-electron chi connectivity index (χ0n) is 21.5. The molecule has 0 atom stereocenters. The molecule has 1 aromatic heterocycles.